The summed E-state index contributed by atoms with van der Waals surface area (Å²) in [7, 11) is -3.15. The molecule has 0 aliphatic carbocycles. The van der Waals surface area contributed by atoms with Crippen LogP contribution in [0, 0.1) is 5.92 Å². The molecule has 0 saturated carbocycles. The van der Waals surface area contributed by atoms with Crippen LogP contribution in [-0.4, -0.2) is 49.6 Å². The van der Waals surface area contributed by atoms with Crippen LogP contribution in [0.25, 0.3) is 0 Å². The number of aliphatic carboxylic acids is 1. The standard InChI is InChI=1S/C12H24N2O5S/c1-4-6-20(18,19)7-5-13-12(17)14-10(11(15)16)8-9(2)3/h9-10H,4-8H2,1-3H3,(H,15,16)(H2,13,14,17). The maximum Gasteiger partial charge on any atom is 0.326 e. The molecule has 1 unspecified atom stereocenters. The third-order valence-electron chi connectivity index (χ3n) is 2.52. The van der Waals surface area contributed by atoms with Gasteiger partial charge in [0.25, 0.3) is 0 Å². The lowest BCUT2D eigenvalue weighted by Gasteiger charge is -2.16. The Bertz CT molecular complexity index is 420. The fourth-order valence-corrected chi connectivity index (χ4v) is 2.87. The SMILES string of the molecule is CCCS(=O)(=O)CCNC(=O)NC(CC(C)C)C(=O)O. The van der Waals surface area contributed by atoms with E-state index < -0.39 is 27.9 Å². The highest BCUT2D eigenvalue weighted by Gasteiger charge is 2.21. The molecule has 0 bridgehead atoms. The lowest BCUT2D eigenvalue weighted by molar-refractivity contribution is -0.139. The van der Waals surface area contributed by atoms with Crippen LogP contribution >= 0.6 is 0 Å². The molecule has 1 atom stereocenters. The minimum Gasteiger partial charge on any atom is -0.480 e. The monoisotopic (exact) mass is 308 g/mol. The fraction of sp³-hybridized carbons (Fsp3) is 0.833. The number of carboxylic acid groups (broad SMARTS) is 1. The van der Waals surface area contributed by atoms with E-state index in [9.17, 15) is 18.0 Å². The van der Waals surface area contributed by atoms with Gasteiger partial charge in [-0.05, 0) is 18.8 Å². The molecule has 7 nitrogen and oxygen atoms in total. The Morgan fingerprint density at radius 2 is 1.80 bits per heavy atom. The zero-order valence-corrected chi connectivity index (χ0v) is 13.0. The van der Waals surface area contributed by atoms with E-state index in [4.69, 9.17) is 5.11 Å². The van der Waals surface area contributed by atoms with Crippen LogP contribution < -0.4 is 10.6 Å². The molecule has 0 spiro atoms. The van der Waals surface area contributed by atoms with Crippen molar-refractivity contribution >= 4 is 21.8 Å². The highest BCUT2D eigenvalue weighted by molar-refractivity contribution is 7.91. The first-order valence-corrected chi connectivity index (χ1v) is 8.47. The third kappa shape index (κ3) is 8.73. The van der Waals surface area contributed by atoms with Gasteiger partial charge in [0, 0.05) is 12.3 Å². The van der Waals surface area contributed by atoms with E-state index in [1.165, 1.54) is 0 Å². The number of carbonyl (C=O) groups excluding carboxylic acids is 1. The number of carboxylic acids is 1. The first kappa shape index (κ1) is 18.7. The van der Waals surface area contributed by atoms with Gasteiger partial charge < -0.3 is 15.7 Å². The summed E-state index contributed by atoms with van der Waals surface area (Å²) in [6, 6.07) is -1.63. The molecule has 0 saturated heterocycles. The smallest absolute Gasteiger partial charge is 0.326 e. The predicted molar refractivity (Wildman–Crippen MR) is 76.4 cm³/mol. The van der Waals surface area contributed by atoms with Crippen LogP contribution in [0.1, 0.15) is 33.6 Å². The number of nitrogens with one attached hydrogen (secondary N) is 2. The van der Waals surface area contributed by atoms with Crippen molar-refractivity contribution < 1.29 is 23.1 Å². The number of hydrogen-bond donors (Lipinski definition) is 3. The summed E-state index contributed by atoms with van der Waals surface area (Å²) in [5.41, 5.74) is 0. The van der Waals surface area contributed by atoms with Crippen molar-refractivity contribution in [2.45, 2.75) is 39.7 Å². The quantitative estimate of drug-likeness (QED) is 0.577. The van der Waals surface area contributed by atoms with Crippen molar-refractivity contribution in [1.82, 2.24) is 10.6 Å². The molecule has 0 fully saturated rings. The van der Waals surface area contributed by atoms with Gasteiger partial charge in [-0.3, -0.25) is 0 Å². The average Bonchev–Trinajstić information content (AvgIpc) is 2.26. The van der Waals surface area contributed by atoms with Gasteiger partial charge in [0.05, 0.1) is 5.75 Å². The van der Waals surface area contributed by atoms with Gasteiger partial charge >= 0.3 is 12.0 Å². The molecule has 0 rings (SSSR count). The van der Waals surface area contributed by atoms with Crippen LogP contribution in [-0.2, 0) is 14.6 Å². The molecule has 2 amide bonds. The number of urea groups is 1. The molecule has 0 aromatic heterocycles. The van der Waals surface area contributed by atoms with Gasteiger partial charge in [-0.25, -0.2) is 18.0 Å². The normalized spacial score (nSPS) is 13.0. The second kappa shape index (κ2) is 8.78. The predicted octanol–water partition coefficient (Wildman–Crippen LogP) is 0.610. The van der Waals surface area contributed by atoms with Crippen molar-refractivity contribution in [2.75, 3.05) is 18.1 Å². The topological polar surface area (TPSA) is 113 Å². The number of rotatable bonds is 9. The minimum atomic E-state index is -3.15. The Morgan fingerprint density at radius 1 is 1.20 bits per heavy atom. The molecule has 0 heterocycles. The Balaban J connectivity index is 4.18. The van der Waals surface area contributed by atoms with Gasteiger partial charge in [0.15, 0.2) is 9.84 Å². The number of amides is 2. The van der Waals surface area contributed by atoms with E-state index in [-0.39, 0.29) is 24.0 Å². The van der Waals surface area contributed by atoms with Crippen molar-refractivity contribution in [1.29, 1.82) is 0 Å². The van der Waals surface area contributed by atoms with Crippen LogP contribution in [0.5, 0.6) is 0 Å². The Hall–Kier alpha value is -1.31. The first-order chi connectivity index (χ1) is 9.18. The van der Waals surface area contributed by atoms with Crippen LogP contribution in [0.15, 0.2) is 0 Å². The molecule has 118 valence electrons. The van der Waals surface area contributed by atoms with Gasteiger partial charge in [-0.2, -0.15) is 0 Å². The van der Waals surface area contributed by atoms with Gasteiger partial charge in [-0.15, -0.1) is 0 Å². The second-order valence-electron chi connectivity index (χ2n) is 5.07. The summed E-state index contributed by atoms with van der Waals surface area (Å²) in [6.07, 6.45) is 0.848. The highest BCUT2D eigenvalue weighted by Crippen LogP contribution is 2.04. The minimum absolute atomic E-state index is 0.0256. The summed E-state index contributed by atoms with van der Waals surface area (Å²) in [4.78, 5) is 22.5. The largest absolute Gasteiger partial charge is 0.480 e. The molecular formula is C12H24N2O5S. The van der Waals surface area contributed by atoms with E-state index in [2.05, 4.69) is 10.6 Å². The molecule has 20 heavy (non-hydrogen) atoms. The van der Waals surface area contributed by atoms with Gasteiger partial charge in [-0.1, -0.05) is 20.8 Å². The Morgan fingerprint density at radius 3 is 2.25 bits per heavy atom. The van der Waals surface area contributed by atoms with E-state index >= 15 is 0 Å². The summed E-state index contributed by atoms with van der Waals surface area (Å²) < 4.78 is 22.8. The van der Waals surface area contributed by atoms with E-state index in [1.54, 1.807) is 6.92 Å². The zero-order chi connectivity index (χ0) is 15.8. The third-order valence-corrected chi connectivity index (χ3v) is 4.38. The van der Waals surface area contributed by atoms with Crippen molar-refractivity contribution in [3.05, 3.63) is 0 Å². The van der Waals surface area contributed by atoms with Crippen LogP contribution in [0.4, 0.5) is 4.79 Å². The van der Waals surface area contributed by atoms with Crippen LogP contribution in [0.3, 0.4) is 0 Å². The summed E-state index contributed by atoms with van der Waals surface area (Å²) in [5, 5.41) is 13.6. The average molecular weight is 308 g/mol. The summed E-state index contributed by atoms with van der Waals surface area (Å²) >= 11 is 0. The number of hydrogen-bond acceptors (Lipinski definition) is 4. The lowest BCUT2D eigenvalue weighted by atomic mass is 10.0. The Kier molecular flexibility index (Phi) is 8.21. The first-order valence-electron chi connectivity index (χ1n) is 6.65. The Labute approximate surface area is 120 Å². The molecule has 3 N–H and O–H groups in total. The zero-order valence-electron chi connectivity index (χ0n) is 12.2. The molecule has 0 aromatic carbocycles. The van der Waals surface area contributed by atoms with E-state index in [1.807, 2.05) is 13.8 Å². The molecule has 0 aliphatic rings. The molecule has 0 aromatic rings. The second-order valence-corrected chi connectivity index (χ2v) is 7.38. The van der Waals surface area contributed by atoms with Crippen molar-refractivity contribution in [3.8, 4) is 0 Å². The van der Waals surface area contributed by atoms with E-state index in [0.717, 1.165) is 0 Å². The molecular weight excluding hydrogens is 284 g/mol. The summed E-state index contributed by atoms with van der Waals surface area (Å²) in [5.74, 6) is -1.04. The number of sulfone groups is 1. The van der Waals surface area contributed by atoms with Crippen LogP contribution in [0.2, 0.25) is 0 Å². The fourth-order valence-electron chi connectivity index (χ4n) is 1.64. The van der Waals surface area contributed by atoms with Crippen molar-refractivity contribution in [3.63, 3.8) is 0 Å². The number of carbonyl (C=O) groups is 2. The maximum atomic E-state index is 11.5. The summed E-state index contributed by atoms with van der Waals surface area (Å²) in [6.45, 7) is 5.45. The highest BCUT2D eigenvalue weighted by atomic mass is 32.2. The lowest BCUT2D eigenvalue weighted by Crippen LogP contribution is -2.47. The molecule has 0 aliphatic heterocycles. The molecule has 0 radical (unpaired) electrons. The maximum absolute atomic E-state index is 11.5. The van der Waals surface area contributed by atoms with Crippen molar-refractivity contribution in [2.24, 2.45) is 5.92 Å². The molecule has 8 heteroatoms. The van der Waals surface area contributed by atoms with E-state index in [0.29, 0.717) is 12.8 Å². The van der Waals surface area contributed by atoms with Gasteiger partial charge in [0.1, 0.15) is 6.04 Å². The van der Waals surface area contributed by atoms with Gasteiger partial charge in [0.2, 0.25) is 0 Å².